The first-order valence-electron chi connectivity index (χ1n) is 10.4. The van der Waals surface area contributed by atoms with Crippen molar-refractivity contribution in [3.8, 4) is 5.69 Å². The molecule has 0 aliphatic rings. The molecule has 1 amide bonds. The van der Waals surface area contributed by atoms with E-state index in [0.717, 1.165) is 40.0 Å². The van der Waals surface area contributed by atoms with E-state index in [2.05, 4.69) is 34.6 Å². The van der Waals surface area contributed by atoms with Crippen LogP contribution in [0.3, 0.4) is 0 Å². The van der Waals surface area contributed by atoms with Gasteiger partial charge >= 0.3 is 0 Å². The van der Waals surface area contributed by atoms with Crippen molar-refractivity contribution in [2.24, 2.45) is 0 Å². The first-order chi connectivity index (χ1) is 15.5. The summed E-state index contributed by atoms with van der Waals surface area (Å²) < 4.78 is 1.86. The van der Waals surface area contributed by atoms with Crippen molar-refractivity contribution in [1.29, 1.82) is 0 Å². The second-order valence-corrected chi connectivity index (χ2v) is 8.92. The second kappa shape index (κ2) is 9.71. The topological polar surface area (TPSA) is 72.7 Å². The standard InChI is InChI=1S/C24H24ClN5OS/c1-4-17-5-7-18(8-6-17)13-26-21(31)14-32-24-23-22(15(2)27-28-24)16(3)30(29-23)20-11-9-19(25)10-12-20/h5-12H,4,13-14H2,1-3H3,(H,26,31). The number of hydrogen-bond acceptors (Lipinski definition) is 5. The molecule has 2 aromatic carbocycles. The molecule has 2 aromatic heterocycles. The second-order valence-electron chi connectivity index (χ2n) is 7.52. The van der Waals surface area contributed by atoms with Gasteiger partial charge < -0.3 is 5.32 Å². The third kappa shape index (κ3) is 4.79. The van der Waals surface area contributed by atoms with Gasteiger partial charge in [-0.25, -0.2) is 4.68 Å². The molecule has 4 aromatic rings. The van der Waals surface area contributed by atoms with Crippen molar-refractivity contribution in [3.63, 3.8) is 0 Å². The van der Waals surface area contributed by atoms with E-state index in [-0.39, 0.29) is 11.7 Å². The molecule has 0 saturated heterocycles. The van der Waals surface area contributed by atoms with Crippen molar-refractivity contribution < 1.29 is 4.79 Å². The Morgan fingerprint density at radius 2 is 1.72 bits per heavy atom. The molecule has 4 rings (SSSR count). The number of aryl methyl sites for hydroxylation is 3. The first-order valence-corrected chi connectivity index (χ1v) is 11.8. The molecule has 0 saturated carbocycles. The van der Waals surface area contributed by atoms with E-state index in [4.69, 9.17) is 16.7 Å². The van der Waals surface area contributed by atoms with Gasteiger partial charge in [-0.2, -0.15) is 10.2 Å². The molecule has 0 radical (unpaired) electrons. The normalized spacial score (nSPS) is 11.1. The number of benzene rings is 2. The fourth-order valence-electron chi connectivity index (χ4n) is 3.51. The van der Waals surface area contributed by atoms with Crippen molar-refractivity contribution in [2.45, 2.75) is 38.8 Å². The fourth-order valence-corrected chi connectivity index (χ4v) is 4.39. The Morgan fingerprint density at radius 3 is 2.41 bits per heavy atom. The fraction of sp³-hybridized carbons (Fsp3) is 0.250. The Labute approximate surface area is 196 Å². The summed E-state index contributed by atoms with van der Waals surface area (Å²) in [6, 6.07) is 15.8. The van der Waals surface area contributed by atoms with Crippen LogP contribution in [-0.4, -0.2) is 31.6 Å². The van der Waals surface area contributed by atoms with Gasteiger partial charge in [0.05, 0.1) is 22.8 Å². The highest BCUT2D eigenvalue weighted by Crippen LogP contribution is 2.30. The molecular weight excluding hydrogens is 442 g/mol. The summed E-state index contributed by atoms with van der Waals surface area (Å²) in [5.74, 6) is 0.186. The molecule has 0 spiro atoms. The van der Waals surface area contributed by atoms with Crippen LogP contribution in [0.15, 0.2) is 53.6 Å². The number of hydrogen-bond donors (Lipinski definition) is 1. The molecule has 0 bridgehead atoms. The number of nitrogens with zero attached hydrogens (tertiary/aromatic N) is 4. The molecule has 32 heavy (non-hydrogen) atoms. The van der Waals surface area contributed by atoms with E-state index in [1.807, 2.05) is 54.9 Å². The van der Waals surface area contributed by atoms with Crippen LogP contribution < -0.4 is 5.32 Å². The Kier molecular flexibility index (Phi) is 6.77. The molecule has 0 aliphatic carbocycles. The SMILES string of the molecule is CCc1ccc(CNC(=O)CSc2nnc(C)c3c(C)n(-c4ccc(Cl)cc4)nc23)cc1. The van der Waals surface area contributed by atoms with Gasteiger partial charge in [-0.3, -0.25) is 4.79 Å². The maximum atomic E-state index is 12.4. The summed E-state index contributed by atoms with van der Waals surface area (Å²) in [6.45, 7) is 6.55. The molecule has 2 heterocycles. The van der Waals surface area contributed by atoms with Gasteiger partial charge in [-0.1, -0.05) is 54.6 Å². The molecule has 6 nitrogen and oxygen atoms in total. The van der Waals surface area contributed by atoms with Gasteiger partial charge in [0, 0.05) is 17.0 Å². The quantitative estimate of drug-likeness (QED) is 0.386. The number of thioether (sulfide) groups is 1. The Bertz CT molecular complexity index is 1250. The maximum absolute atomic E-state index is 12.4. The van der Waals surface area contributed by atoms with Crippen LogP contribution in [0.5, 0.6) is 0 Å². The summed E-state index contributed by atoms with van der Waals surface area (Å²) in [4.78, 5) is 12.4. The minimum atomic E-state index is -0.0565. The van der Waals surface area contributed by atoms with Gasteiger partial charge in [0.2, 0.25) is 5.91 Å². The van der Waals surface area contributed by atoms with Gasteiger partial charge in [-0.05, 0) is 55.7 Å². The Balaban J connectivity index is 1.49. The minimum absolute atomic E-state index is 0.0565. The third-order valence-corrected chi connectivity index (χ3v) is 6.51. The maximum Gasteiger partial charge on any atom is 0.230 e. The Hall–Kier alpha value is -2.90. The molecule has 0 atom stereocenters. The predicted octanol–water partition coefficient (Wildman–Crippen LogP) is 5.06. The zero-order chi connectivity index (χ0) is 22.7. The van der Waals surface area contributed by atoms with E-state index in [0.29, 0.717) is 16.6 Å². The Morgan fingerprint density at radius 1 is 1.03 bits per heavy atom. The van der Waals surface area contributed by atoms with Crippen LogP contribution in [0.4, 0.5) is 0 Å². The number of rotatable bonds is 7. The van der Waals surface area contributed by atoms with Crippen molar-refractivity contribution >= 4 is 40.2 Å². The first kappa shape index (κ1) is 22.3. The number of nitrogens with one attached hydrogen (secondary N) is 1. The summed E-state index contributed by atoms with van der Waals surface area (Å²) >= 11 is 7.37. The van der Waals surface area contributed by atoms with E-state index in [1.165, 1.54) is 17.3 Å². The van der Waals surface area contributed by atoms with E-state index in [1.54, 1.807) is 0 Å². The molecule has 0 unspecified atom stereocenters. The van der Waals surface area contributed by atoms with Crippen LogP contribution in [0.25, 0.3) is 16.6 Å². The number of halogens is 1. The highest BCUT2D eigenvalue weighted by atomic mass is 35.5. The lowest BCUT2D eigenvalue weighted by atomic mass is 10.1. The number of amides is 1. The van der Waals surface area contributed by atoms with E-state index < -0.39 is 0 Å². The van der Waals surface area contributed by atoms with Crippen LogP contribution in [0, 0.1) is 13.8 Å². The van der Waals surface area contributed by atoms with E-state index in [9.17, 15) is 4.79 Å². The summed E-state index contributed by atoms with van der Waals surface area (Å²) in [5.41, 5.74) is 5.79. The average molecular weight is 466 g/mol. The highest BCUT2D eigenvalue weighted by Gasteiger charge is 2.18. The predicted molar refractivity (Wildman–Crippen MR) is 130 cm³/mol. The molecule has 0 aliphatic heterocycles. The van der Waals surface area contributed by atoms with E-state index >= 15 is 0 Å². The summed E-state index contributed by atoms with van der Waals surface area (Å²) in [6.07, 6.45) is 1.00. The minimum Gasteiger partial charge on any atom is -0.351 e. The van der Waals surface area contributed by atoms with Gasteiger partial charge in [0.1, 0.15) is 10.5 Å². The highest BCUT2D eigenvalue weighted by molar-refractivity contribution is 8.00. The molecule has 1 N–H and O–H groups in total. The van der Waals surface area contributed by atoms with Gasteiger partial charge in [0.25, 0.3) is 0 Å². The van der Waals surface area contributed by atoms with Crippen molar-refractivity contribution in [1.82, 2.24) is 25.3 Å². The van der Waals surface area contributed by atoms with Crippen LogP contribution in [0.1, 0.15) is 29.4 Å². The lowest BCUT2D eigenvalue weighted by Crippen LogP contribution is -2.24. The molecule has 8 heteroatoms. The monoisotopic (exact) mass is 465 g/mol. The lowest BCUT2D eigenvalue weighted by Gasteiger charge is -2.06. The average Bonchev–Trinajstić information content (AvgIpc) is 3.16. The number of fused-ring (bicyclic) bond motifs is 1. The molecule has 0 fully saturated rings. The van der Waals surface area contributed by atoms with Gasteiger partial charge in [0.15, 0.2) is 0 Å². The largest absolute Gasteiger partial charge is 0.351 e. The van der Waals surface area contributed by atoms with Crippen LogP contribution in [0.2, 0.25) is 5.02 Å². The molecular formula is C24H24ClN5OS. The number of carbonyl (C=O) groups is 1. The summed E-state index contributed by atoms with van der Waals surface area (Å²) in [5, 5.41) is 18.6. The zero-order valence-corrected chi connectivity index (χ0v) is 19.8. The van der Waals surface area contributed by atoms with Gasteiger partial charge in [-0.15, -0.1) is 5.10 Å². The third-order valence-electron chi connectivity index (χ3n) is 5.30. The summed E-state index contributed by atoms with van der Waals surface area (Å²) in [7, 11) is 0. The zero-order valence-electron chi connectivity index (χ0n) is 18.2. The number of carbonyl (C=O) groups excluding carboxylic acids is 1. The number of aromatic nitrogens is 4. The van der Waals surface area contributed by atoms with Crippen LogP contribution in [-0.2, 0) is 17.8 Å². The van der Waals surface area contributed by atoms with Crippen molar-refractivity contribution in [2.75, 3.05) is 5.75 Å². The smallest absolute Gasteiger partial charge is 0.230 e. The molecule has 164 valence electrons. The van der Waals surface area contributed by atoms with Crippen LogP contribution >= 0.6 is 23.4 Å². The lowest BCUT2D eigenvalue weighted by molar-refractivity contribution is -0.118. The van der Waals surface area contributed by atoms with Crippen molar-refractivity contribution in [3.05, 3.63) is 76.1 Å².